The third-order valence-electron chi connectivity index (χ3n) is 4.95. The first-order valence-electron chi connectivity index (χ1n) is 8.28. The van der Waals surface area contributed by atoms with Gasteiger partial charge in [0.1, 0.15) is 0 Å². The van der Waals surface area contributed by atoms with E-state index in [4.69, 9.17) is 0 Å². The van der Waals surface area contributed by atoms with Gasteiger partial charge in [-0.25, -0.2) is 0 Å². The van der Waals surface area contributed by atoms with E-state index in [1.54, 1.807) is 0 Å². The molecule has 0 radical (unpaired) electrons. The van der Waals surface area contributed by atoms with Gasteiger partial charge < -0.3 is 10.2 Å². The highest BCUT2D eigenvalue weighted by molar-refractivity contribution is 5.85. The van der Waals surface area contributed by atoms with Gasteiger partial charge in [0.25, 0.3) is 0 Å². The first-order chi connectivity index (χ1) is 9.26. The van der Waals surface area contributed by atoms with Gasteiger partial charge in [-0.3, -0.25) is 4.79 Å². The minimum absolute atomic E-state index is 0. The summed E-state index contributed by atoms with van der Waals surface area (Å²) in [5.74, 6) is 1.03. The molecule has 4 heteroatoms. The molecule has 118 valence electrons. The van der Waals surface area contributed by atoms with E-state index in [0.29, 0.717) is 23.9 Å². The van der Waals surface area contributed by atoms with Crippen LogP contribution in [0.1, 0.15) is 65.2 Å². The van der Waals surface area contributed by atoms with Crippen LogP contribution in [0.4, 0.5) is 0 Å². The second kappa shape index (κ2) is 8.89. The van der Waals surface area contributed by atoms with Crippen LogP contribution in [0.15, 0.2) is 0 Å². The average molecular weight is 303 g/mol. The third kappa shape index (κ3) is 4.36. The summed E-state index contributed by atoms with van der Waals surface area (Å²) < 4.78 is 0. The minimum Gasteiger partial charge on any atom is -0.335 e. The number of hydrogen-bond acceptors (Lipinski definition) is 2. The molecule has 0 spiro atoms. The fourth-order valence-electron chi connectivity index (χ4n) is 3.69. The second-order valence-corrected chi connectivity index (χ2v) is 6.30. The number of amides is 1. The monoisotopic (exact) mass is 302 g/mol. The average Bonchev–Trinajstić information content (AvgIpc) is 2.67. The molecule has 3 nitrogen and oxygen atoms in total. The fraction of sp³-hybridized carbons (Fsp3) is 0.938. The number of carbonyl (C=O) groups excluding carboxylic acids is 1. The van der Waals surface area contributed by atoms with Crippen molar-refractivity contribution in [2.45, 2.75) is 77.3 Å². The zero-order valence-corrected chi connectivity index (χ0v) is 13.9. The lowest BCUT2D eigenvalue weighted by atomic mass is 9.95. The molecule has 20 heavy (non-hydrogen) atoms. The van der Waals surface area contributed by atoms with Gasteiger partial charge in [0.15, 0.2) is 0 Å². The number of carbonyl (C=O) groups is 1. The van der Waals surface area contributed by atoms with Crippen molar-refractivity contribution in [3.63, 3.8) is 0 Å². The molecule has 2 heterocycles. The van der Waals surface area contributed by atoms with Crippen LogP contribution in [0.3, 0.4) is 0 Å². The van der Waals surface area contributed by atoms with Crippen molar-refractivity contribution in [1.29, 1.82) is 0 Å². The molecule has 1 N–H and O–H groups in total. The number of nitrogens with zero attached hydrogens (tertiary/aromatic N) is 1. The summed E-state index contributed by atoms with van der Waals surface area (Å²) in [5, 5.41) is 3.47. The molecular formula is C16H31ClN2O. The van der Waals surface area contributed by atoms with Crippen LogP contribution in [0.25, 0.3) is 0 Å². The van der Waals surface area contributed by atoms with Gasteiger partial charge >= 0.3 is 0 Å². The van der Waals surface area contributed by atoms with Crippen molar-refractivity contribution in [3.05, 3.63) is 0 Å². The predicted octanol–water partition coefficient (Wildman–Crippen LogP) is 3.37. The number of unbranched alkanes of at least 4 members (excludes halogenated alkanes) is 1. The maximum atomic E-state index is 12.6. The topological polar surface area (TPSA) is 32.3 Å². The lowest BCUT2D eigenvalue weighted by Gasteiger charge is -2.29. The highest BCUT2D eigenvalue weighted by Crippen LogP contribution is 2.30. The molecule has 2 fully saturated rings. The maximum absolute atomic E-state index is 12.6. The minimum atomic E-state index is 0. The van der Waals surface area contributed by atoms with Crippen LogP contribution in [0, 0.1) is 5.92 Å². The Morgan fingerprint density at radius 1 is 1.25 bits per heavy atom. The van der Waals surface area contributed by atoms with Gasteiger partial charge in [0.2, 0.25) is 5.91 Å². The summed E-state index contributed by atoms with van der Waals surface area (Å²) in [4.78, 5) is 14.9. The highest BCUT2D eigenvalue weighted by Gasteiger charge is 2.38. The molecule has 0 aromatic carbocycles. The normalized spacial score (nSPS) is 26.8. The molecule has 0 aromatic rings. The second-order valence-electron chi connectivity index (χ2n) is 6.30. The molecule has 2 aliphatic heterocycles. The Hall–Kier alpha value is -0.280. The number of fused-ring (bicyclic) bond motifs is 2. The maximum Gasteiger partial charge on any atom is 0.223 e. The lowest BCUT2D eigenvalue weighted by Crippen LogP contribution is -2.43. The Balaban J connectivity index is 0.00000200. The van der Waals surface area contributed by atoms with Crippen molar-refractivity contribution >= 4 is 18.3 Å². The van der Waals surface area contributed by atoms with Crippen LogP contribution in [-0.2, 0) is 4.79 Å². The van der Waals surface area contributed by atoms with E-state index in [1.807, 2.05) is 0 Å². The zero-order chi connectivity index (χ0) is 13.7. The van der Waals surface area contributed by atoms with Gasteiger partial charge in [-0.2, -0.15) is 0 Å². The number of rotatable bonds is 6. The van der Waals surface area contributed by atoms with Gasteiger partial charge in [-0.05, 0) is 38.1 Å². The number of nitrogens with one attached hydrogen (secondary N) is 1. The number of hydrogen-bond donors (Lipinski definition) is 1. The van der Waals surface area contributed by atoms with E-state index >= 15 is 0 Å². The molecule has 1 amide bonds. The first-order valence-corrected chi connectivity index (χ1v) is 8.28. The zero-order valence-electron chi connectivity index (χ0n) is 13.1. The van der Waals surface area contributed by atoms with Gasteiger partial charge in [-0.1, -0.05) is 33.1 Å². The summed E-state index contributed by atoms with van der Waals surface area (Å²) in [7, 11) is 0. The summed E-state index contributed by atoms with van der Waals surface area (Å²) in [6.45, 7) is 6.55. The van der Waals surface area contributed by atoms with Crippen molar-refractivity contribution in [2.24, 2.45) is 5.92 Å². The van der Waals surface area contributed by atoms with Crippen LogP contribution in [-0.4, -0.2) is 36.0 Å². The first kappa shape index (κ1) is 17.8. The summed E-state index contributed by atoms with van der Waals surface area (Å²) in [6, 6.07) is 1.000. The Labute approximate surface area is 130 Å². The molecule has 2 bridgehead atoms. The van der Waals surface area contributed by atoms with Crippen LogP contribution >= 0.6 is 12.4 Å². The summed E-state index contributed by atoms with van der Waals surface area (Å²) in [6.07, 6.45) is 9.23. The Kier molecular flexibility index (Phi) is 7.90. The van der Waals surface area contributed by atoms with Gasteiger partial charge in [-0.15, -0.1) is 12.4 Å². The van der Waals surface area contributed by atoms with Crippen LogP contribution in [0.2, 0.25) is 0 Å². The molecule has 0 saturated carbocycles. The number of halogens is 1. The van der Waals surface area contributed by atoms with E-state index in [9.17, 15) is 4.79 Å². The largest absolute Gasteiger partial charge is 0.335 e. The van der Waals surface area contributed by atoms with E-state index in [0.717, 1.165) is 32.4 Å². The van der Waals surface area contributed by atoms with Gasteiger partial charge in [0.05, 0.1) is 0 Å². The SMILES string of the molecule is CCCCC(CC)CC(=O)N1C2CCNCC1CC2.Cl. The van der Waals surface area contributed by atoms with E-state index in [2.05, 4.69) is 24.1 Å². The lowest BCUT2D eigenvalue weighted by molar-refractivity contribution is -0.134. The summed E-state index contributed by atoms with van der Waals surface area (Å²) >= 11 is 0. The van der Waals surface area contributed by atoms with E-state index in [1.165, 1.54) is 32.1 Å². The van der Waals surface area contributed by atoms with Crippen molar-refractivity contribution in [1.82, 2.24) is 10.2 Å². The van der Waals surface area contributed by atoms with E-state index < -0.39 is 0 Å². The van der Waals surface area contributed by atoms with Crippen molar-refractivity contribution < 1.29 is 4.79 Å². The smallest absolute Gasteiger partial charge is 0.223 e. The Bertz CT molecular complexity index is 284. The summed E-state index contributed by atoms with van der Waals surface area (Å²) in [5.41, 5.74) is 0. The molecular weight excluding hydrogens is 272 g/mol. The molecule has 3 unspecified atom stereocenters. The molecule has 2 aliphatic rings. The fourth-order valence-corrected chi connectivity index (χ4v) is 3.69. The highest BCUT2D eigenvalue weighted by atomic mass is 35.5. The quantitative estimate of drug-likeness (QED) is 0.816. The van der Waals surface area contributed by atoms with Crippen molar-refractivity contribution in [2.75, 3.05) is 13.1 Å². The van der Waals surface area contributed by atoms with Crippen molar-refractivity contribution in [3.8, 4) is 0 Å². The van der Waals surface area contributed by atoms with Gasteiger partial charge in [0, 0.05) is 25.0 Å². The predicted molar refractivity (Wildman–Crippen MR) is 86.3 cm³/mol. The molecule has 2 saturated heterocycles. The van der Waals surface area contributed by atoms with E-state index in [-0.39, 0.29) is 12.4 Å². The Morgan fingerprint density at radius 2 is 2.00 bits per heavy atom. The standard InChI is InChI=1S/C16H30N2O.ClH/c1-3-5-6-13(4-2)11-16(19)18-14-7-8-15(18)12-17-10-9-14;/h13-15,17H,3-12H2,1-2H3;1H. The third-order valence-corrected chi connectivity index (χ3v) is 4.95. The Morgan fingerprint density at radius 3 is 2.70 bits per heavy atom. The molecule has 0 aromatic heterocycles. The van der Waals surface area contributed by atoms with Crippen LogP contribution in [0.5, 0.6) is 0 Å². The molecule has 0 aliphatic carbocycles. The van der Waals surface area contributed by atoms with Crippen LogP contribution < -0.4 is 5.32 Å². The molecule has 2 rings (SSSR count). The molecule has 3 atom stereocenters.